The first kappa shape index (κ1) is 26.6. The number of hydrogen-bond acceptors (Lipinski definition) is 6. The van der Waals surface area contributed by atoms with Crippen LogP contribution < -0.4 is 19.7 Å². The van der Waals surface area contributed by atoms with Crippen molar-refractivity contribution in [1.29, 1.82) is 0 Å². The van der Waals surface area contributed by atoms with E-state index >= 15 is 0 Å². The van der Waals surface area contributed by atoms with Crippen LogP contribution in [-0.4, -0.2) is 30.9 Å². The van der Waals surface area contributed by atoms with E-state index in [1.807, 2.05) is 5.32 Å². The molecule has 8 nitrogen and oxygen atoms in total. The molecule has 0 radical (unpaired) electrons. The third-order valence-corrected chi connectivity index (χ3v) is 5.83. The summed E-state index contributed by atoms with van der Waals surface area (Å²) in [5.74, 6) is -2.47. The van der Waals surface area contributed by atoms with E-state index < -0.39 is 41.1 Å². The molecule has 1 saturated heterocycles. The number of benzene rings is 3. The van der Waals surface area contributed by atoms with Crippen molar-refractivity contribution in [2.45, 2.75) is 6.18 Å². The lowest BCUT2D eigenvalue weighted by Crippen LogP contribution is -2.54. The Hall–Kier alpha value is -4.45. The van der Waals surface area contributed by atoms with Crippen molar-refractivity contribution < 1.29 is 41.8 Å². The maximum atomic E-state index is 13.2. The molecule has 3 aromatic carbocycles. The predicted molar refractivity (Wildman–Crippen MR) is 133 cm³/mol. The average molecular weight is 589 g/mol. The van der Waals surface area contributed by atoms with Crippen LogP contribution in [-0.2, 0) is 15.8 Å². The van der Waals surface area contributed by atoms with Crippen LogP contribution in [0.5, 0.6) is 11.5 Å². The second kappa shape index (κ2) is 10.5. The molecule has 0 atom stereocenters. The number of esters is 1. The number of barbiturate groups is 1. The second-order valence-corrected chi connectivity index (χ2v) is 8.72. The fourth-order valence-corrected chi connectivity index (χ4v) is 3.86. The lowest BCUT2D eigenvalue weighted by molar-refractivity contribution is -0.137. The Labute approximate surface area is 221 Å². The van der Waals surface area contributed by atoms with Gasteiger partial charge in [-0.2, -0.15) is 13.2 Å². The number of hydrogen-bond donors (Lipinski definition) is 1. The van der Waals surface area contributed by atoms with Gasteiger partial charge in [-0.3, -0.25) is 14.9 Å². The Balaban J connectivity index is 1.69. The number of nitrogens with zero attached hydrogens (tertiary/aromatic N) is 1. The van der Waals surface area contributed by atoms with Crippen molar-refractivity contribution in [3.8, 4) is 11.5 Å². The molecule has 4 amide bonds. The number of methoxy groups -OCH3 is 1. The molecule has 1 fully saturated rings. The average Bonchev–Trinajstić information content (AvgIpc) is 2.87. The van der Waals surface area contributed by atoms with Crippen molar-refractivity contribution in [3.05, 3.63) is 93.5 Å². The molecule has 0 aromatic heterocycles. The third-order valence-electron chi connectivity index (χ3n) is 5.33. The summed E-state index contributed by atoms with van der Waals surface area (Å²) in [7, 11) is 1.47. The molecule has 38 heavy (non-hydrogen) atoms. The number of amides is 4. The number of alkyl halides is 3. The Morgan fingerprint density at radius 2 is 1.71 bits per heavy atom. The zero-order valence-corrected chi connectivity index (χ0v) is 20.9. The minimum Gasteiger partial charge on any atom is -0.497 e. The summed E-state index contributed by atoms with van der Waals surface area (Å²) >= 11 is 3.26. The summed E-state index contributed by atoms with van der Waals surface area (Å²) in [6, 6.07) is 12.9. The molecular formula is C26H16BrF3N2O6. The van der Waals surface area contributed by atoms with Gasteiger partial charge in [-0.25, -0.2) is 14.5 Å². The fourth-order valence-electron chi connectivity index (χ4n) is 3.48. The number of ether oxygens (including phenoxy) is 2. The SMILES string of the molecule is COc1ccc(C(=O)Oc2ccc(Br)cc2/C=C2/C(=O)NC(=O)N(c3cccc(C(F)(F)F)c3)C2=O)cc1. The van der Waals surface area contributed by atoms with E-state index in [1.165, 1.54) is 31.4 Å². The summed E-state index contributed by atoms with van der Waals surface area (Å²) in [5, 5.41) is 1.94. The molecule has 194 valence electrons. The minimum atomic E-state index is -4.72. The highest BCUT2D eigenvalue weighted by atomic mass is 79.9. The highest BCUT2D eigenvalue weighted by Gasteiger charge is 2.38. The Bertz CT molecular complexity index is 1490. The van der Waals surface area contributed by atoms with Gasteiger partial charge in [0.25, 0.3) is 11.8 Å². The standard InChI is InChI=1S/C26H16BrF3N2O6/c1-37-19-8-5-14(6-9-19)24(35)38-21-10-7-17(27)11-15(21)12-20-22(33)31-25(36)32(23(20)34)18-4-2-3-16(13-18)26(28,29)30/h2-13H,1H3,(H,31,33,36)/b20-12-. The van der Waals surface area contributed by atoms with E-state index in [0.717, 1.165) is 24.3 Å². The predicted octanol–water partition coefficient (Wildman–Crippen LogP) is 5.36. The Kier molecular flexibility index (Phi) is 7.35. The number of rotatable bonds is 5. The van der Waals surface area contributed by atoms with Gasteiger partial charge >= 0.3 is 18.2 Å². The van der Waals surface area contributed by atoms with Crippen LogP contribution >= 0.6 is 15.9 Å². The Morgan fingerprint density at radius 1 is 1.00 bits per heavy atom. The van der Waals surface area contributed by atoms with Gasteiger partial charge in [-0.1, -0.05) is 22.0 Å². The van der Waals surface area contributed by atoms with E-state index in [2.05, 4.69) is 15.9 Å². The van der Waals surface area contributed by atoms with E-state index in [1.54, 1.807) is 18.2 Å². The number of imide groups is 2. The van der Waals surface area contributed by atoms with Gasteiger partial charge in [0, 0.05) is 10.0 Å². The van der Waals surface area contributed by atoms with Crippen LogP contribution in [0.4, 0.5) is 23.7 Å². The van der Waals surface area contributed by atoms with Crippen LogP contribution in [0, 0.1) is 0 Å². The summed E-state index contributed by atoms with van der Waals surface area (Å²) in [4.78, 5) is 51.3. The number of carbonyl (C=O) groups is 4. The summed E-state index contributed by atoms with van der Waals surface area (Å²) in [6.07, 6.45) is -3.65. The van der Waals surface area contributed by atoms with E-state index in [9.17, 15) is 32.3 Å². The molecule has 0 aliphatic carbocycles. The number of urea groups is 1. The van der Waals surface area contributed by atoms with Crippen molar-refractivity contribution in [1.82, 2.24) is 5.32 Å². The maximum Gasteiger partial charge on any atom is 0.416 e. The highest BCUT2D eigenvalue weighted by molar-refractivity contribution is 9.10. The molecule has 0 saturated carbocycles. The molecule has 0 unspecified atom stereocenters. The van der Waals surface area contributed by atoms with Gasteiger partial charge in [-0.15, -0.1) is 0 Å². The fraction of sp³-hybridized carbons (Fsp3) is 0.0769. The smallest absolute Gasteiger partial charge is 0.416 e. The lowest BCUT2D eigenvalue weighted by Gasteiger charge is -2.27. The van der Waals surface area contributed by atoms with E-state index in [4.69, 9.17) is 9.47 Å². The molecule has 1 aliphatic rings. The van der Waals surface area contributed by atoms with E-state index in [-0.39, 0.29) is 22.6 Å². The molecule has 0 bridgehead atoms. The largest absolute Gasteiger partial charge is 0.497 e. The van der Waals surface area contributed by atoms with Crippen molar-refractivity contribution in [2.75, 3.05) is 12.0 Å². The number of halogens is 4. The molecular weight excluding hydrogens is 573 g/mol. The molecule has 12 heteroatoms. The maximum absolute atomic E-state index is 13.2. The van der Waals surface area contributed by atoms with Gasteiger partial charge in [0.1, 0.15) is 17.1 Å². The molecule has 1 heterocycles. The van der Waals surface area contributed by atoms with Crippen LogP contribution in [0.2, 0.25) is 0 Å². The van der Waals surface area contributed by atoms with Crippen LogP contribution in [0.15, 0.2) is 76.8 Å². The van der Waals surface area contributed by atoms with Gasteiger partial charge < -0.3 is 9.47 Å². The first-order valence-electron chi connectivity index (χ1n) is 10.7. The first-order chi connectivity index (χ1) is 18.0. The van der Waals surface area contributed by atoms with Crippen molar-refractivity contribution in [3.63, 3.8) is 0 Å². The summed E-state index contributed by atoms with van der Waals surface area (Å²) < 4.78 is 50.6. The monoisotopic (exact) mass is 588 g/mol. The lowest BCUT2D eigenvalue weighted by atomic mass is 10.1. The highest BCUT2D eigenvalue weighted by Crippen LogP contribution is 2.33. The summed E-state index contributed by atoms with van der Waals surface area (Å²) in [5.41, 5.74) is -1.74. The molecule has 4 rings (SSSR count). The zero-order chi connectivity index (χ0) is 27.6. The van der Waals surface area contributed by atoms with Crippen LogP contribution in [0.1, 0.15) is 21.5 Å². The quantitative estimate of drug-likeness (QED) is 0.186. The normalized spacial score (nSPS) is 14.9. The van der Waals surface area contributed by atoms with Gasteiger partial charge in [0.05, 0.1) is 23.9 Å². The number of anilines is 1. The second-order valence-electron chi connectivity index (χ2n) is 7.81. The van der Waals surface area contributed by atoms with Crippen LogP contribution in [0.25, 0.3) is 6.08 Å². The zero-order valence-electron chi connectivity index (χ0n) is 19.3. The van der Waals surface area contributed by atoms with Gasteiger partial charge in [-0.05, 0) is 66.7 Å². The summed E-state index contributed by atoms with van der Waals surface area (Å²) in [6.45, 7) is 0. The van der Waals surface area contributed by atoms with Gasteiger partial charge in [0.2, 0.25) is 0 Å². The molecule has 1 N–H and O–H groups in total. The van der Waals surface area contributed by atoms with Crippen LogP contribution in [0.3, 0.4) is 0 Å². The topological polar surface area (TPSA) is 102 Å². The van der Waals surface area contributed by atoms with Crippen molar-refractivity contribution >= 4 is 51.5 Å². The third kappa shape index (κ3) is 5.59. The molecule has 3 aromatic rings. The minimum absolute atomic E-state index is 0.0235. The first-order valence-corrected chi connectivity index (χ1v) is 11.5. The van der Waals surface area contributed by atoms with Crippen molar-refractivity contribution in [2.24, 2.45) is 0 Å². The Morgan fingerprint density at radius 3 is 2.37 bits per heavy atom. The number of carbonyl (C=O) groups excluding carboxylic acids is 4. The van der Waals surface area contributed by atoms with Gasteiger partial charge in [0.15, 0.2) is 0 Å². The number of nitrogens with one attached hydrogen (secondary N) is 1. The molecule has 0 spiro atoms. The molecule has 1 aliphatic heterocycles. The van der Waals surface area contributed by atoms with E-state index in [0.29, 0.717) is 21.2 Å².